The Labute approximate surface area is 777 Å². The molecule has 0 aliphatic heterocycles. The van der Waals surface area contributed by atoms with E-state index in [0.29, 0.717) is 61.9 Å². The van der Waals surface area contributed by atoms with Crippen molar-refractivity contribution >= 4 is 133 Å². The quantitative estimate of drug-likeness (QED) is 0.0320. The highest BCUT2D eigenvalue weighted by atomic mass is 32.1. The summed E-state index contributed by atoms with van der Waals surface area (Å²) in [6.07, 6.45) is 2.67. The Balaban J connectivity index is 0.000000123. The van der Waals surface area contributed by atoms with Gasteiger partial charge in [0.1, 0.15) is 28.7 Å². The summed E-state index contributed by atoms with van der Waals surface area (Å²) in [5.41, 5.74) is 24.2. The third-order valence-electron chi connectivity index (χ3n) is 25.9. The Morgan fingerprint density at radius 3 is 0.591 bits per heavy atom. The van der Waals surface area contributed by atoms with Crippen LogP contribution in [0.2, 0.25) is 0 Å². The van der Waals surface area contributed by atoms with Crippen molar-refractivity contribution in [2.45, 2.75) is 126 Å². The van der Waals surface area contributed by atoms with Crippen LogP contribution in [0.3, 0.4) is 0 Å². The molecule has 0 spiro atoms. The average molecular weight is 1830 g/mol. The highest BCUT2D eigenvalue weighted by molar-refractivity contribution is 7.23. The molecule has 8 unspecified atom stereocenters. The lowest BCUT2D eigenvalue weighted by Gasteiger charge is -2.11. The molecule has 16 aromatic rings. The minimum absolute atomic E-state index is 0.0158. The summed E-state index contributed by atoms with van der Waals surface area (Å²) in [5, 5.41) is 90.6. The molecule has 4 fully saturated rings. The summed E-state index contributed by atoms with van der Waals surface area (Å²) in [6.45, 7) is 21.5. The van der Waals surface area contributed by atoms with Crippen molar-refractivity contribution in [3.05, 3.63) is 344 Å². The van der Waals surface area contributed by atoms with E-state index >= 15 is 0 Å². The first-order chi connectivity index (χ1) is 63.0. The number of phenols is 5. The van der Waals surface area contributed by atoms with Gasteiger partial charge in [-0.05, 0) is 299 Å². The van der Waals surface area contributed by atoms with Gasteiger partial charge in [0.25, 0.3) is 0 Å². The number of carboxylic acid groups (broad SMARTS) is 4. The van der Waals surface area contributed by atoms with Crippen molar-refractivity contribution < 1.29 is 84.3 Å². The highest BCUT2D eigenvalue weighted by Gasteiger charge is 2.47. The number of aliphatic carboxylic acids is 4. The van der Waals surface area contributed by atoms with Crippen LogP contribution in [0.4, 0.5) is 0 Å². The molecule has 0 amide bonds. The molecule has 12 aromatic carbocycles. The fourth-order valence-corrected chi connectivity index (χ4v) is 24.2. The Hall–Kier alpha value is -14.0. The molecule has 4 aliphatic rings. The fraction of sp³-hybridized carbons (Fsp3) is 0.207. The SMILES string of the molecule is Cc1cc(C)c(C(=O)c2sc3cc(O)ccc3c2-c2ccc(C3CC3C(=O)O)cc2)c(C)c1.Cc1cc(C)c(C(=O)c2sc3cc(O)ccc3c2-c2ccc(C3CC3C(=O)O)cc2)c(C)c1.Cc1cc(C)c(C(=O)c2sc3cc(O)ccc3c2-c2ccc(C3CC3C(=O)O)cc2)c(C)c1.Cc1cc(O)cc(C)c1C(=O)c1sc2cc(O)ccc2c1-c1ccc(C2CC2C(=O)O)cc1. The van der Waals surface area contributed by atoms with E-state index in [1.54, 1.807) is 60.7 Å². The first-order valence-electron chi connectivity index (χ1n) is 43.5. The normalized spacial score (nSPS) is 17.3. The summed E-state index contributed by atoms with van der Waals surface area (Å²) in [5.74, 6) is -3.42. The second-order valence-electron chi connectivity index (χ2n) is 35.7. The molecule has 4 aromatic heterocycles. The van der Waals surface area contributed by atoms with E-state index < -0.39 is 23.9 Å². The van der Waals surface area contributed by atoms with E-state index in [0.717, 1.165) is 174 Å². The number of phenolic OH excluding ortho intramolecular Hbond substituents is 5. The van der Waals surface area contributed by atoms with Gasteiger partial charge in [0, 0.05) is 84.9 Å². The number of hydrogen-bond acceptors (Lipinski definition) is 17. The molecule has 0 bridgehead atoms. The van der Waals surface area contributed by atoms with Crippen molar-refractivity contribution in [2.75, 3.05) is 0 Å². The molecule has 4 saturated carbocycles. The molecule has 20 rings (SSSR count). The van der Waals surface area contributed by atoms with Crippen LogP contribution in [-0.2, 0) is 19.2 Å². The molecular weight excluding hydrogens is 1730 g/mol. The maximum Gasteiger partial charge on any atom is 0.307 e. The van der Waals surface area contributed by atoms with E-state index in [-0.39, 0.29) is 99.2 Å². The standard InChI is InChI=1S/3C28H24O4S.C27H22O5S/c3*1-14-10-15(2)24(16(3)11-14)26(30)27-25(20-9-8-19(29)12-23(20)33-27)18-6-4-17(5-7-18)21-13-22(21)28(31)32;1-13-9-18(29)10-14(2)23(13)25(30)26-24(19-8-7-17(28)11-22(19)33-26)16-5-3-15(4-6-16)20-12-21(20)27(31)32/h3*4-12,21-22,29H,13H2,1-3H3,(H,31,32);3-11,20-21,28-29H,12H2,1-2H3,(H,31,32). The number of aryl methyl sites for hydroxylation is 11. The number of rotatable bonds is 20. The van der Waals surface area contributed by atoms with E-state index in [4.69, 9.17) is 0 Å². The number of hydrogen-bond donors (Lipinski definition) is 9. The largest absolute Gasteiger partial charge is 0.508 e. The summed E-state index contributed by atoms with van der Waals surface area (Å²) in [4.78, 5) is 103. The van der Waals surface area contributed by atoms with Gasteiger partial charge in [0.05, 0.1) is 43.2 Å². The number of carboxylic acids is 4. The zero-order valence-corrected chi connectivity index (χ0v) is 77.4. The molecule has 0 radical (unpaired) electrons. The maximum atomic E-state index is 13.8. The first kappa shape index (κ1) is 90.0. The topological polar surface area (TPSA) is 319 Å². The number of ketones is 4. The van der Waals surface area contributed by atoms with Crippen LogP contribution in [0.1, 0.15) is 194 Å². The van der Waals surface area contributed by atoms with Crippen LogP contribution in [0.15, 0.2) is 218 Å². The van der Waals surface area contributed by atoms with Crippen LogP contribution in [0.5, 0.6) is 28.7 Å². The maximum absolute atomic E-state index is 13.8. The van der Waals surface area contributed by atoms with Crippen molar-refractivity contribution in [1.29, 1.82) is 0 Å². The number of thiophene rings is 4. The summed E-state index contributed by atoms with van der Waals surface area (Å²) < 4.78 is 3.37. The number of fused-ring (bicyclic) bond motifs is 4. The average Bonchev–Trinajstić information content (AvgIpc) is 1.62. The van der Waals surface area contributed by atoms with E-state index in [2.05, 4.69) is 0 Å². The number of carbonyl (C=O) groups is 8. The molecule has 664 valence electrons. The molecule has 9 N–H and O–H groups in total. The molecule has 0 saturated heterocycles. The highest BCUT2D eigenvalue weighted by Crippen LogP contribution is 2.54. The molecule has 8 atom stereocenters. The van der Waals surface area contributed by atoms with E-state index in [1.165, 1.54) is 45.3 Å². The molecule has 21 heteroatoms. The Kier molecular flexibility index (Phi) is 24.4. The number of aromatic hydroxyl groups is 5. The van der Waals surface area contributed by atoms with E-state index in [1.807, 2.05) is 234 Å². The van der Waals surface area contributed by atoms with E-state index in [9.17, 15) is 84.3 Å². The van der Waals surface area contributed by atoms with Gasteiger partial charge in [-0.2, -0.15) is 0 Å². The third kappa shape index (κ3) is 17.8. The van der Waals surface area contributed by atoms with Crippen LogP contribution in [0.25, 0.3) is 84.9 Å². The van der Waals surface area contributed by atoms with Gasteiger partial charge < -0.3 is 46.0 Å². The summed E-state index contributed by atoms with van der Waals surface area (Å²) >= 11 is 5.53. The second kappa shape index (κ2) is 35.7. The van der Waals surface area contributed by atoms with Crippen LogP contribution in [0, 0.1) is 99.8 Å². The Bertz CT molecular complexity index is 6510. The van der Waals surface area contributed by atoms with Gasteiger partial charge in [-0.15, -0.1) is 45.3 Å². The second-order valence-corrected chi connectivity index (χ2v) is 39.9. The summed E-state index contributed by atoms with van der Waals surface area (Å²) in [7, 11) is 0. The first-order valence-corrected chi connectivity index (χ1v) is 46.8. The Morgan fingerprint density at radius 1 is 0.235 bits per heavy atom. The molecule has 4 aliphatic carbocycles. The number of carbonyl (C=O) groups excluding carboxylic acids is 4. The lowest BCUT2D eigenvalue weighted by Crippen LogP contribution is -2.06. The van der Waals surface area contributed by atoms with Gasteiger partial charge in [-0.25, -0.2) is 0 Å². The van der Waals surface area contributed by atoms with Crippen LogP contribution >= 0.6 is 45.3 Å². The zero-order chi connectivity index (χ0) is 93.8. The minimum Gasteiger partial charge on any atom is -0.508 e. The lowest BCUT2D eigenvalue weighted by molar-refractivity contribution is -0.139. The zero-order valence-electron chi connectivity index (χ0n) is 74.2. The summed E-state index contributed by atoms with van der Waals surface area (Å²) in [6, 6.07) is 67.5. The van der Waals surface area contributed by atoms with Crippen molar-refractivity contribution in [2.24, 2.45) is 23.7 Å². The smallest absolute Gasteiger partial charge is 0.307 e. The molecular formula is C111H94O17S4. The lowest BCUT2D eigenvalue weighted by atomic mass is 9.92. The monoisotopic (exact) mass is 1830 g/mol. The van der Waals surface area contributed by atoms with Gasteiger partial charge in [0.2, 0.25) is 23.1 Å². The van der Waals surface area contributed by atoms with Gasteiger partial charge in [0.15, 0.2) is 0 Å². The van der Waals surface area contributed by atoms with Gasteiger partial charge >= 0.3 is 23.9 Å². The fourth-order valence-electron chi connectivity index (χ4n) is 19.4. The van der Waals surface area contributed by atoms with Crippen molar-refractivity contribution in [3.8, 4) is 73.3 Å². The van der Waals surface area contributed by atoms with Gasteiger partial charge in [-0.1, -0.05) is 150 Å². The predicted octanol–water partition coefficient (Wildman–Crippen LogP) is 25.9. The van der Waals surface area contributed by atoms with Crippen LogP contribution < -0.4 is 0 Å². The van der Waals surface area contributed by atoms with Gasteiger partial charge in [-0.3, -0.25) is 38.4 Å². The van der Waals surface area contributed by atoms with Crippen molar-refractivity contribution in [3.63, 3.8) is 0 Å². The third-order valence-corrected chi connectivity index (χ3v) is 30.5. The molecule has 17 nitrogen and oxygen atoms in total. The predicted molar refractivity (Wildman–Crippen MR) is 523 cm³/mol. The Morgan fingerprint density at radius 2 is 0.417 bits per heavy atom. The van der Waals surface area contributed by atoms with Crippen molar-refractivity contribution in [1.82, 2.24) is 0 Å². The minimum atomic E-state index is -0.764. The molecule has 4 heterocycles. The number of benzene rings is 12. The van der Waals surface area contributed by atoms with Crippen LogP contribution in [-0.4, -0.2) is 93.0 Å². The molecule has 132 heavy (non-hydrogen) atoms.